The number of hydrogen-bond acceptors (Lipinski definition) is 10. The van der Waals surface area contributed by atoms with Crippen LogP contribution in [0.2, 0.25) is 0 Å². The Bertz CT molecular complexity index is 2150. The predicted molar refractivity (Wildman–Crippen MR) is 189 cm³/mol. The van der Waals surface area contributed by atoms with E-state index in [0.29, 0.717) is 46.6 Å². The molecular formula is C40H26N2O10. The van der Waals surface area contributed by atoms with Crippen LogP contribution >= 0.6 is 0 Å². The first-order chi connectivity index (χ1) is 25.3. The molecule has 12 nitrogen and oxygen atoms in total. The number of carbonyl (C=O) groups excluding carboxylic acids is 6. The molecule has 12 heteroatoms. The molecule has 0 aliphatic carbocycles. The van der Waals surface area contributed by atoms with Crippen molar-refractivity contribution >= 4 is 58.8 Å². The first-order valence-electron chi connectivity index (χ1n) is 15.5. The summed E-state index contributed by atoms with van der Waals surface area (Å²) in [5.41, 5.74) is 1.71. The second-order valence-electron chi connectivity index (χ2n) is 11.0. The summed E-state index contributed by atoms with van der Waals surface area (Å²) >= 11 is 0. The maximum absolute atomic E-state index is 13.0. The van der Waals surface area contributed by atoms with Gasteiger partial charge in [-0.2, -0.15) is 0 Å². The summed E-state index contributed by atoms with van der Waals surface area (Å²) < 4.78 is 20.7. The SMILES string of the molecule is O=COc1ccc(NC(=O)c2cccc(C(=O)Oc3ccc4cc(OC(=O)c5cccc(C(=O)Nc6ccc(OC=O)cc6)c5)ccc4c3)c2)cc1. The van der Waals surface area contributed by atoms with Crippen LogP contribution in [0.15, 0.2) is 133 Å². The highest BCUT2D eigenvalue weighted by molar-refractivity contribution is 6.07. The van der Waals surface area contributed by atoms with E-state index in [0.717, 1.165) is 0 Å². The highest BCUT2D eigenvalue weighted by atomic mass is 16.5. The molecule has 0 fully saturated rings. The monoisotopic (exact) mass is 694 g/mol. The van der Waals surface area contributed by atoms with E-state index in [1.807, 2.05) is 0 Å². The molecule has 0 bridgehead atoms. The molecule has 0 radical (unpaired) electrons. The van der Waals surface area contributed by atoms with E-state index >= 15 is 0 Å². The molecule has 0 saturated heterocycles. The molecule has 6 rings (SSSR count). The Labute approximate surface area is 295 Å². The van der Waals surface area contributed by atoms with E-state index in [2.05, 4.69) is 10.6 Å². The van der Waals surface area contributed by atoms with Gasteiger partial charge in [0.05, 0.1) is 11.1 Å². The molecule has 0 atom stereocenters. The van der Waals surface area contributed by atoms with Crippen molar-refractivity contribution in [3.63, 3.8) is 0 Å². The number of ether oxygens (including phenoxy) is 4. The number of rotatable bonds is 12. The molecule has 6 aromatic rings. The van der Waals surface area contributed by atoms with Crippen LogP contribution < -0.4 is 29.6 Å². The van der Waals surface area contributed by atoms with Crippen LogP contribution in [0.4, 0.5) is 11.4 Å². The number of hydrogen-bond donors (Lipinski definition) is 2. The third-order valence-corrected chi connectivity index (χ3v) is 7.52. The topological polar surface area (TPSA) is 163 Å². The van der Waals surface area contributed by atoms with Crippen LogP contribution in [0.1, 0.15) is 41.4 Å². The molecule has 0 aliphatic heterocycles. The maximum Gasteiger partial charge on any atom is 0.343 e. The van der Waals surface area contributed by atoms with Crippen LogP contribution in [0, 0.1) is 0 Å². The van der Waals surface area contributed by atoms with Crippen molar-refractivity contribution in [2.24, 2.45) is 0 Å². The summed E-state index contributed by atoms with van der Waals surface area (Å²) in [5.74, 6) is -1.08. The van der Waals surface area contributed by atoms with Crippen molar-refractivity contribution in [3.8, 4) is 23.0 Å². The lowest BCUT2D eigenvalue weighted by molar-refractivity contribution is -0.121. The lowest BCUT2D eigenvalue weighted by atomic mass is 10.1. The molecule has 2 amide bonds. The lowest BCUT2D eigenvalue weighted by Gasteiger charge is -2.10. The predicted octanol–water partition coefficient (Wildman–Crippen LogP) is 6.85. The second-order valence-corrected chi connectivity index (χ2v) is 11.0. The number of anilines is 2. The molecule has 2 N–H and O–H groups in total. The molecule has 0 heterocycles. The Balaban J connectivity index is 1.07. The fourth-order valence-electron chi connectivity index (χ4n) is 4.99. The minimum absolute atomic E-state index is 0.158. The normalized spacial score (nSPS) is 10.4. The van der Waals surface area contributed by atoms with Crippen LogP contribution in [0.5, 0.6) is 23.0 Å². The summed E-state index contributed by atoms with van der Waals surface area (Å²) in [6, 6.07) is 34.4. The summed E-state index contributed by atoms with van der Waals surface area (Å²) in [5, 5.41) is 6.83. The van der Waals surface area contributed by atoms with Gasteiger partial charge in [0.25, 0.3) is 24.8 Å². The van der Waals surface area contributed by atoms with Gasteiger partial charge in [0.2, 0.25) is 0 Å². The van der Waals surface area contributed by atoms with Crippen LogP contribution in [-0.4, -0.2) is 36.7 Å². The van der Waals surface area contributed by atoms with Gasteiger partial charge >= 0.3 is 11.9 Å². The zero-order valence-corrected chi connectivity index (χ0v) is 26.9. The van der Waals surface area contributed by atoms with E-state index in [-0.39, 0.29) is 33.8 Å². The maximum atomic E-state index is 13.0. The number of fused-ring (bicyclic) bond motifs is 1. The molecule has 0 aromatic heterocycles. The number of amides is 2. The number of nitrogens with one attached hydrogen (secondary N) is 2. The average molecular weight is 695 g/mol. The van der Waals surface area contributed by atoms with E-state index in [9.17, 15) is 28.8 Å². The summed E-state index contributed by atoms with van der Waals surface area (Å²) in [6.07, 6.45) is 0. The summed E-state index contributed by atoms with van der Waals surface area (Å²) in [7, 11) is 0. The molecular weight excluding hydrogens is 668 g/mol. The molecule has 0 saturated carbocycles. The third-order valence-electron chi connectivity index (χ3n) is 7.52. The summed E-state index contributed by atoms with van der Waals surface area (Å²) in [6.45, 7) is 0.611. The minimum Gasteiger partial charge on any atom is -0.429 e. The van der Waals surface area contributed by atoms with Gasteiger partial charge in [-0.3, -0.25) is 19.2 Å². The smallest absolute Gasteiger partial charge is 0.343 e. The first-order valence-corrected chi connectivity index (χ1v) is 15.5. The average Bonchev–Trinajstić information content (AvgIpc) is 3.16. The van der Waals surface area contributed by atoms with Crippen molar-refractivity contribution in [2.45, 2.75) is 0 Å². The molecule has 6 aromatic carbocycles. The fourth-order valence-corrected chi connectivity index (χ4v) is 4.99. The molecule has 256 valence electrons. The van der Waals surface area contributed by atoms with Crippen molar-refractivity contribution < 1.29 is 47.7 Å². The Hall–Kier alpha value is -7.60. The van der Waals surface area contributed by atoms with Gasteiger partial charge in [0.15, 0.2) is 0 Å². The quantitative estimate of drug-likeness (QED) is 0.0787. The molecule has 0 spiro atoms. The Morgan fingerprint density at radius 1 is 0.423 bits per heavy atom. The summed E-state index contributed by atoms with van der Waals surface area (Å²) in [4.78, 5) is 72.5. The highest BCUT2D eigenvalue weighted by Crippen LogP contribution is 2.27. The molecule has 52 heavy (non-hydrogen) atoms. The second kappa shape index (κ2) is 15.7. The van der Waals surface area contributed by atoms with Gasteiger partial charge < -0.3 is 29.6 Å². The van der Waals surface area contributed by atoms with Gasteiger partial charge in [0, 0.05) is 22.5 Å². The van der Waals surface area contributed by atoms with Crippen LogP contribution in [-0.2, 0) is 9.59 Å². The van der Waals surface area contributed by atoms with Crippen molar-refractivity contribution in [3.05, 3.63) is 156 Å². The zero-order valence-electron chi connectivity index (χ0n) is 26.9. The van der Waals surface area contributed by atoms with Crippen molar-refractivity contribution in [1.29, 1.82) is 0 Å². The molecule has 0 unspecified atom stereocenters. The fraction of sp³-hybridized carbons (Fsp3) is 0. The minimum atomic E-state index is -0.673. The van der Waals surface area contributed by atoms with Gasteiger partial charge in [-0.05, 0) is 120 Å². The van der Waals surface area contributed by atoms with E-state index in [4.69, 9.17) is 18.9 Å². The van der Waals surface area contributed by atoms with Crippen molar-refractivity contribution in [1.82, 2.24) is 0 Å². The number of carbonyl (C=O) groups is 6. The van der Waals surface area contributed by atoms with E-state index in [1.54, 1.807) is 84.9 Å². The largest absolute Gasteiger partial charge is 0.429 e. The zero-order chi connectivity index (χ0) is 36.5. The van der Waals surface area contributed by atoms with Gasteiger partial charge in [-0.25, -0.2) is 9.59 Å². The third kappa shape index (κ3) is 8.51. The Morgan fingerprint density at radius 2 is 0.788 bits per heavy atom. The van der Waals surface area contributed by atoms with Gasteiger partial charge in [-0.15, -0.1) is 0 Å². The number of esters is 2. The number of benzene rings is 6. The first kappa shape index (κ1) is 34.3. The van der Waals surface area contributed by atoms with E-state index < -0.39 is 23.8 Å². The van der Waals surface area contributed by atoms with Crippen LogP contribution in [0.25, 0.3) is 10.8 Å². The van der Waals surface area contributed by atoms with E-state index in [1.165, 1.54) is 48.5 Å². The highest BCUT2D eigenvalue weighted by Gasteiger charge is 2.16. The standard InChI is InChI=1S/C40H26N2O10/c43-23-49-33-15-9-31(10-16-33)41-37(45)27-3-1-5-29(19-27)39(47)51-35-13-7-26-22-36(14-8-25(26)21-35)52-40(48)30-6-2-4-28(20-30)38(46)42-32-11-17-34(18-12-32)50-24-44/h1-24H,(H,41,45)(H,42,46). The van der Waals surface area contributed by atoms with Crippen LogP contribution in [0.3, 0.4) is 0 Å². The Kier molecular flexibility index (Phi) is 10.4. The molecule has 0 aliphatic rings. The lowest BCUT2D eigenvalue weighted by Crippen LogP contribution is -2.14. The Morgan fingerprint density at radius 3 is 1.17 bits per heavy atom. The van der Waals surface area contributed by atoms with Gasteiger partial charge in [-0.1, -0.05) is 24.3 Å². The van der Waals surface area contributed by atoms with Crippen molar-refractivity contribution in [2.75, 3.05) is 10.6 Å². The van der Waals surface area contributed by atoms with Gasteiger partial charge in [0.1, 0.15) is 23.0 Å².